The zero-order chi connectivity index (χ0) is 24.0. The van der Waals surface area contributed by atoms with E-state index in [1.807, 2.05) is 53.1 Å². The first-order valence-electron chi connectivity index (χ1n) is 11.8. The molecule has 34 heavy (non-hydrogen) atoms. The van der Waals surface area contributed by atoms with Crippen LogP contribution in [-0.2, 0) is 23.3 Å². The maximum atomic E-state index is 13.1. The summed E-state index contributed by atoms with van der Waals surface area (Å²) < 4.78 is 12.9. The summed E-state index contributed by atoms with van der Waals surface area (Å²) in [6.07, 6.45) is 5.98. The normalized spacial score (nSPS) is 20.0. The summed E-state index contributed by atoms with van der Waals surface area (Å²) >= 11 is 0. The molecular weight excluding hydrogens is 430 g/mol. The molecule has 0 radical (unpaired) electrons. The van der Waals surface area contributed by atoms with E-state index in [0.717, 1.165) is 18.4 Å². The fourth-order valence-electron chi connectivity index (χ4n) is 4.72. The van der Waals surface area contributed by atoms with E-state index in [1.54, 1.807) is 19.3 Å². The summed E-state index contributed by atoms with van der Waals surface area (Å²) in [5.41, 5.74) is 1.38. The van der Waals surface area contributed by atoms with Crippen LogP contribution >= 0.6 is 0 Å². The zero-order valence-electron chi connectivity index (χ0n) is 19.5. The summed E-state index contributed by atoms with van der Waals surface area (Å²) in [7, 11) is 0. The summed E-state index contributed by atoms with van der Waals surface area (Å²) in [6, 6.07) is 19.8. The molecule has 1 heterocycles. The molecule has 3 aromatic rings. The molecule has 178 valence electrons. The number of esters is 1. The molecule has 0 aliphatic heterocycles. The largest absolute Gasteiger partial charge is 0.483 e. The lowest BCUT2D eigenvalue weighted by Crippen LogP contribution is -2.38. The van der Waals surface area contributed by atoms with Gasteiger partial charge < -0.3 is 19.1 Å². The van der Waals surface area contributed by atoms with Crippen LogP contribution in [0, 0.1) is 0 Å². The van der Waals surface area contributed by atoms with Gasteiger partial charge in [0, 0.05) is 18.2 Å². The Labute approximate surface area is 199 Å². The number of benzene rings is 2. The van der Waals surface area contributed by atoms with E-state index in [-0.39, 0.29) is 36.0 Å². The molecule has 2 aromatic carbocycles. The van der Waals surface area contributed by atoms with Gasteiger partial charge in [-0.15, -0.1) is 0 Å². The van der Waals surface area contributed by atoms with Crippen LogP contribution in [-0.4, -0.2) is 28.4 Å². The van der Waals surface area contributed by atoms with Gasteiger partial charge in [-0.3, -0.25) is 4.79 Å². The standard InChI is InChI=1S/C28H31NO5/c1-2-33-27(32)24-17-29(18-25(26(24)31)34-19-21-9-5-3-6-10-21)20-28(15-13-23(30)14-16-28)22-11-7-4-8-12-22/h3-12,17-18,23,30H,2,13-16,19-20H2,1H3. The molecule has 6 heteroatoms. The Kier molecular flexibility index (Phi) is 7.48. The third-order valence-electron chi connectivity index (χ3n) is 6.56. The third kappa shape index (κ3) is 5.39. The Morgan fingerprint density at radius 1 is 1.03 bits per heavy atom. The second-order valence-corrected chi connectivity index (χ2v) is 8.91. The van der Waals surface area contributed by atoms with Gasteiger partial charge in [-0.1, -0.05) is 60.7 Å². The lowest BCUT2D eigenvalue weighted by Gasteiger charge is -2.40. The molecule has 1 N–H and O–H groups in total. The monoisotopic (exact) mass is 461 g/mol. The smallest absolute Gasteiger partial charge is 0.343 e. The molecule has 1 saturated carbocycles. The van der Waals surface area contributed by atoms with Crippen molar-refractivity contribution in [3.63, 3.8) is 0 Å². The van der Waals surface area contributed by atoms with Gasteiger partial charge in [0.25, 0.3) is 0 Å². The van der Waals surface area contributed by atoms with Gasteiger partial charge in [0.2, 0.25) is 5.43 Å². The van der Waals surface area contributed by atoms with Crippen LogP contribution in [0.5, 0.6) is 5.75 Å². The van der Waals surface area contributed by atoms with Crippen LogP contribution in [0.1, 0.15) is 54.1 Å². The van der Waals surface area contributed by atoms with Crippen molar-refractivity contribution in [2.75, 3.05) is 6.61 Å². The van der Waals surface area contributed by atoms with E-state index in [4.69, 9.17) is 9.47 Å². The number of aliphatic hydroxyl groups is 1. The number of rotatable bonds is 8. The van der Waals surface area contributed by atoms with E-state index in [1.165, 1.54) is 5.56 Å². The predicted molar refractivity (Wildman–Crippen MR) is 130 cm³/mol. The maximum Gasteiger partial charge on any atom is 0.343 e. The molecule has 0 spiro atoms. The molecule has 1 aromatic heterocycles. The molecule has 0 bridgehead atoms. The highest BCUT2D eigenvalue weighted by molar-refractivity contribution is 5.89. The van der Waals surface area contributed by atoms with Gasteiger partial charge in [0.1, 0.15) is 12.2 Å². The highest BCUT2D eigenvalue weighted by Crippen LogP contribution is 2.41. The van der Waals surface area contributed by atoms with Gasteiger partial charge in [0.05, 0.1) is 18.9 Å². The number of aliphatic hydroxyl groups excluding tert-OH is 1. The second kappa shape index (κ2) is 10.7. The van der Waals surface area contributed by atoms with Crippen molar-refractivity contribution in [3.8, 4) is 5.75 Å². The van der Waals surface area contributed by atoms with Gasteiger partial charge in [-0.05, 0) is 43.7 Å². The maximum absolute atomic E-state index is 13.1. The fourth-order valence-corrected chi connectivity index (χ4v) is 4.72. The highest BCUT2D eigenvalue weighted by Gasteiger charge is 2.37. The van der Waals surface area contributed by atoms with Gasteiger partial charge in [0.15, 0.2) is 5.75 Å². The van der Waals surface area contributed by atoms with Gasteiger partial charge in [-0.2, -0.15) is 0 Å². The minimum Gasteiger partial charge on any atom is -0.483 e. The van der Waals surface area contributed by atoms with Crippen molar-refractivity contribution < 1.29 is 19.4 Å². The number of nitrogens with zero attached hydrogens (tertiary/aromatic N) is 1. The Morgan fingerprint density at radius 3 is 2.32 bits per heavy atom. The zero-order valence-corrected chi connectivity index (χ0v) is 19.5. The van der Waals surface area contributed by atoms with Crippen molar-refractivity contribution in [2.24, 2.45) is 0 Å². The molecule has 0 atom stereocenters. The minimum absolute atomic E-state index is 0.0357. The van der Waals surface area contributed by atoms with Crippen molar-refractivity contribution in [2.45, 2.75) is 57.3 Å². The molecule has 1 aliphatic carbocycles. The number of hydrogen-bond acceptors (Lipinski definition) is 5. The molecule has 1 fully saturated rings. The highest BCUT2D eigenvalue weighted by atomic mass is 16.5. The number of carbonyl (C=O) groups excluding carboxylic acids is 1. The summed E-state index contributed by atoms with van der Waals surface area (Å²) in [6.45, 7) is 2.67. The third-order valence-corrected chi connectivity index (χ3v) is 6.56. The molecule has 0 unspecified atom stereocenters. The van der Waals surface area contributed by atoms with Crippen LogP contribution in [0.15, 0.2) is 77.9 Å². The van der Waals surface area contributed by atoms with Crippen LogP contribution in [0.4, 0.5) is 0 Å². The van der Waals surface area contributed by atoms with Crippen molar-refractivity contribution >= 4 is 5.97 Å². The molecule has 4 rings (SSSR count). The predicted octanol–water partition coefficient (Wildman–Crippen LogP) is 4.48. The van der Waals surface area contributed by atoms with E-state index >= 15 is 0 Å². The summed E-state index contributed by atoms with van der Waals surface area (Å²) in [5, 5.41) is 10.2. The van der Waals surface area contributed by atoms with Gasteiger partial charge in [-0.25, -0.2) is 4.79 Å². The van der Waals surface area contributed by atoms with Crippen LogP contribution in [0.2, 0.25) is 0 Å². The van der Waals surface area contributed by atoms with Crippen molar-refractivity contribution in [1.29, 1.82) is 0 Å². The van der Waals surface area contributed by atoms with E-state index < -0.39 is 11.4 Å². The first-order chi connectivity index (χ1) is 16.5. The number of hydrogen-bond donors (Lipinski definition) is 1. The number of pyridine rings is 1. The lowest BCUT2D eigenvalue weighted by molar-refractivity contribution is 0.0522. The average molecular weight is 462 g/mol. The first-order valence-corrected chi connectivity index (χ1v) is 11.8. The summed E-state index contributed by atoms with van der Waals surface area (Å²) in [4.78, 5) is 25.7. The van der Waals surface area contributed by atoms with E-state index in [0.29, 0.717) is 19.4 Å². The molecule has 0 amide bonds. The first kappa shape index (κ1) is 23.8. The van der Waals surface area contributed by atoms with E-state index in [2.05, 4.69) is 12.1 Å². The lowest BCUT2D eigenvalue weighted by atomic mass is 9.68. The summed E-state index contributed by atoms with van der Waals surface area (Å²) in [5.74, 6) is -0.535. The Balaban J connectivity index is 1.71. The average Bonchev–Trinajstić information content (AvgIpc) is 2.87. The molecule has 6 nitrogen and oxygen atoms in total. The second-order valence-electron chi connectivity index (χ2n) is 8.91. The fraction of sp³-hybridized carbons (Fsp3) is 0.357. The number of aromatic nitrogens is 1. The minimum atomic E-state index is -0.653. The van der Waals surface area contributed by atoms with Crippen molar-refractivity contribution in [3.05, 3.63) is 100.0 Å². The Bertz CT molecular complexity index is 1150. The number of carbonyl (C=O) groups is 1. The topological polar surface area (TPSA) is 77.8 Å². The SMILES string of the molecule is CCOC(=O)c1cn(CC2(c3ccccc3)CCC(O)CC2)cc(OCc2ccccc2)c1=O. The number of ether oxygens (including phenoxy) is 2. The van der Waals surface area contributed by atoms with E-state index in [9.17, 15) is 14.7 Å². The quantitative estimate of drug-likeness (QED) is 0.501. The van der Waals surface area contributed by atoms with Crippen LogP contribution in [0.3, 0.4) is 0 Å². The van der Waals surface area contributed by atoms with Crippen molar-refractivity contribution in [1.82, 2.24) is 4.57 Å². The van der Waals surface area contributed by atoms with Gasteiger partial charge >= 0.3 is 5.97 Å². The van der Waals surface area contributed by atoms with Crippen LogP contribution in [0.25, 0.3) is 0 Å². The molecule has 1 aliphatic rings. The Hall–Kier alpha value is -3.38. The molecule has 0 saturated heterocycles. The Morgan fingerprint density at radius 2 is 1.68 bits per heavy atom. The van der Waals surface area contributed by atoms with Crippen LogP contribution < -0.4 is 10.2 Å². The molecular formula is C28H31NO5.